The van der Waals surface area contributed by atoms with Gasteiger partial charge in [-0.2, -0.15) is 0 Å². The molecule has 2 saturated heterocycles. The van der Waals surface area contributed by atoms with Gasteiger partial charge in [-0.05, 0) is 6.07 Å². The van der Waals surface area contributed by atoms with Gasteiger partial charge >= 0.3 is 0 Å². The summed E-state index contributed by atoms with van der Waals surface area (Å²) in [6.45, 7) is -1.06. The minimum absolute atomic E-state index is 0.152. The summed E-state index contributed by atoms with van der Waals surface area (Å²) in [6.07, 6.45) is -16.5. The van der Waals surface area contributed by atoms with Gasteiger partial charge in [-0.3, -0.25) is 0 Å². The standard InChI is InChI=1S/C18H26O12/c19-5-7-3-1-2-4-8(7)27-16-14(25)12(23)15(26)18(29-16)30-17-13(24)11(22)10(21)9(6-20)28-17/h1-4,9-26H,5-6H2/t9-,10-,11+,12-,13-,14-,15+,16-,17?,18-/m1/s1. The molecule has 12 heteroatoms. The smallest absolute Gasteiger partial charge is 0.231 e. The maximum Gasteiger partial charge on any atom is 0.231 e. The van der Waals surface area contributed by atoms with E-state index in [-0.39, 0.29) is 12.4 Å². The van der Waals surface area contributed by atoms with E-state index in [1.54, 1.807) is 18.2 Å². The van der Waals surface area contributed by atoms with Crippen molar-refractivity contribution in [2.24, 2.45) is 0 Å². The molecule has 0 bridgehead atoms. The average molecular weight is 434 g/mol. The molecule has 0 aliphatic carbocycles. The Kier molecular flexibility index (Phi) is 7.60. The summed E-state index contributed by atoms with van der Waals surface area (Å²) in [5.41, 5.74) is 0.375. The molecular formula is C18H26O12. The predicted molar refractivity (Wildman–Crippen MR) is 94.5 cm³/mol. The molecule has 10 atom stereocenters. The van der Waals surface area contributed by atoms with E-state index in [0.717, 1.165) is 0 Å². The molecule has 0 amide bonds. The molecule has 170 valence electrons. The Morgan fingerprint density at radius 1 is 0.700 bits per heavy atom. The van der Waals surface area contributed by atoms with Gasteiger partial charge in [0.25, 0.3) is 0 Å². The van der Waals surface area contributed by atoms with Crippen molar-refractivity contribution in [1.82, 2.24) is 0 Å². The molecule has 2 fully saturated rings. The summed E-state index contributed by atoms with van der Waals surface area (Å²) in [6, 6.07) is 6.32. The molecule has 3 rings (SSSR count). The van der Waals surface area contributed by atoms with E-state index in [9.17, 15) is 40.9 Å². The Bertz CT molecular complexity index is 687. The highest BCUT2D eigenvalue weighted by molar-refractivity contribution is 5.32. The molecule has 2 aliphatic rings. The van der Waals surface area contributed by atoms with E-state index in [1.807, 2.05) is 0 Å². The van der Waals surface area contributed by atoms with Crippen molar-refractivity contribution in [3.63, 3.8) is 0 Å². The summed E-state index contributed by atoms with van der Waals surface area (Å²) in [5, 5.41) is 78.9. The Labute approximate surface area is 171 Å². The fourth-order valence-electron chi connectivity index (χ4n) is 3.21. The van der Waals surface area contributed by atoms with Gasteiger partial charge < -0.3 is 59.8 Å². The molecule has 30 heavy (non-hydrogen) atoms. The predicted octanol–water partition coefficient (Wildman–Crippen LogP) is -3.86. The highest BCUT2D eigenvalue weighted by atomic mass is 16.8. The van der Waals surface area contributed by atoms with Gasteiger partial charge in [0, 0.05) is 5.56 Å². The highest BCUT2D eigenvalue weighted by Gasteiger charge is 2.50. The van der Waals surface area contributed by atoms with Crippen LogP contribution in [0.15, 0.2) is 24.3 Å². The van der Waals surface area contributed by atoms with E-state index < -0.39 is 68.2 Å². The lowest BCUT2D eigenvalue weighted by atomic mass is 9.99. The zero-order valence-corrected chi connectivity index (χ0v) is 15.7. The Morgan fingerprint density at radius 2 is 1.27 bits per heavy atom. The number of rotatable bonds is 6. The number of para-hydroxylation sites is 1. The first kappa shape index (κ1) is 23.2. The van der Waals surface area contributed by atoms with Crippen molar-refractivity contribution in [3.05, 3.63) is 29.8 Å². The van der Waals surface area contributed by atoms with Crippen LogP contribution in [0.4, 0.5) is 0 Å². The van der Waals surface area contributed by atoms with Crippen molar-refractivity contribution in [3.8, 4) is 5.75 Å². The Hall–Kier alpha value is -1.42. The molecule has 1 unspecified atom stereocenters. The topological polar surface area (TPSA) is 199 Å². The third-order valence-corrected chi connectivity index (χ3v) is 5.03. The van der Waals surface area contributed by atoms with Gasteiger partial charge in [-0.15, -0.1) is 0 Å². The monoisotopic (exact) mass is 434 g/mol. The summed E-state index contributed by atoms with van der Waals surface area (Å²) < 4.78 is 21.4. The second-order valence-electron chi connectivity index (χ2n) is 7.06. The van der Waals surface area contributed by atoms with Crippen LogP contribution in [-0.2, 0) is 20.8 Å². The number of aliphatic hydroxyl groups excluding tert-OH is 8. The SMILES string of the molecule is OCc1ccccc1O[C@@H]1O[C@H](OC2O[C@H](CO)[C@@H](O)[C@H](O)[C@H]2O)[C@@H](O)[C@H](O)[C@H]1O. The van der Waals surface area contributed by atoms with Gasteiger partial charge in [0.05, 0.1) is 13.2 Å². The van der Waals surface area contributed by atoms with Gasteiger partial charge in [0.1, 0.15) is 48.5 Å². The van der Waals surface area contributed by atoms with E-state index in [4.69, 9.17) is 18.9 Å². The van der Waals surface area contributed by atoms with Crippen molar-refractivity contribution in [2.45, 2.75) is 68.2 Å². The second-order valence-corrected chi connectivity index (χ2v) is 7.06. The molecule has 0 saturated carbocycles. The lowest BCUT2D eigenvalue weighted by molar-refractivity contribution is -0.390. The van der Waals surface area contributed by atoms with Crippen LogP contribution in [0.3, 0.4) is 0 Å². The van der Waals surface area contributed by atoms with E-state index in [0.29, 0.717) is 5.56 Å². The van der Waals surface area contributed by atoms with E-state index >= 15 is 0 Å². The third kappa shape index (κ3) is 4.59. The van der Waals surface area contributed by atoms with Crippen LogP contribution in [0, 0.1) is 0 Å². The maximum absolute atomic E-state index is 10.2. The lowest BCUT2D eigenvalue weighted by Gasteiger charge is -2.44. The second kappa shape index (κ2) is 9.80. The fourth-order valence-corrected chi connectivity index (χ4v) is 3.21. The van der Waals surface area contributed by atoms with Gasteiger partial charge in [0.15, 0.2) is 12.6 Å². The largest absolute Gasteiger partial charge is 0.462 e. The minimum atomic E-state index is -1.79. The van der Waals surface area contributed by atoms with Crippen LogP contribution in [0.2, 0.25) is 0 Å². The van der Waals surface area contributed by atoms with Crippen LogP contribution >= 0.6 is 0 Å². The molecule has 0 radical (unpaired) electrons. The van der Waals surface area contributed by atoms with Gasteiger partial charge in [-0.1, -0.05) is 18.2 Å². The number of aliphatic hydroxyl groups is 8. The van der Waals surface area contributed by atoms with E-state index in [2.05, 4.69) is 0 Å². The molecule has 1 aromatic rings. The van der Waals surface area contributed by atoms with E-state index in [1.165, 1.54) is 6.07 Å². The number of benzene rings is 1. The average Bonchev–Trinajstić information content (AvgIpc) is 2.75. The van der Waals surface area contributed by atoms with Crippen molar-refractivity contribution in [2.75, 3.05) is 6.61 Å². The Balaban J connectivity index is 1.74. The first-order valence-electron chi connectivity index (χ1n) is 9.29. The van der Waals surface area contributed by atoms with Crippen molar-refractivity contribution in [1.29, 1.82) is 0 Å². The number of hydrogen-bond donors (Lipinski definition) is 8. The van der Waals surface area contributed by atoms with Crippen molar-refractivity contribution < 1.29 is 59.8 Å². The molecular weight excluding hydrogens is 408 g/mol. The molecule has 2 aliphatic heterocycles. The van der Waals surface area contributed by atoms with Crippen LogP contribution in [0.25, 0.3) is 0 Å². The first-order valence-corrected chi connectivity index (χ1v) is 9.29. The summed E-state index contributed by atoms with van der Waals surface area (Å²) in [4.78, 5) is 0. The lowest BCUT2D eigenvalue weighted by Crippen LogP contribution is -2.64. The quantitative estimate of drug-likeness (QED) is 0.217. The Morgan fingerprint density at radius 3 is 1.90 bits per heavy atom. The fraction of sp³-hybridized carbons (Fsp3) is 0.667. The van der Waals surface area contributed by atoms with Crippen LogP contribution in [0.1, 0.15) is 5.56 Å². The van der Waals surface area contributed by atoms with Crippen LogP contribution in [0.5, 0.6) is 5.75 Å². The molecule has 0 aromatic heterocycles. The molecule has 2 heterocycles. The zero-order valence-electron chi connectivity index (χ0n) is 15.7. The van der Waals surface area contributed by atoms with Gasteiger partial charge in [0.2, 0.25) is 6.29 Å². The minimum Gasteiger partial charge on any atom is -0.462 e. The molecule has 1 aromatic carbocycles. The molecule has 12 nitrogen and oxygen atoms in total. The van der Waals surface area contributed by atoms with Crippen molar-refractivity contribution >= 4 is 0 Å². The first-order chi connectivity index (χ1) is 14.3. The number of hydrogen-bond acceptors (Lipinski definition) is 12. The molecule has 0 spiro atoms. The summed E-state index contributed by atoms with van der Waals surface area (Å²) in [5.74, 6) is 0.152. The van der Waals surface area contributed by atoms with Crippen LogP contribution in [-0.4, -0.2) is 109 Å². The normalized spacial score (nSPS) is 42.1. The third-order valence-electron chi connectivity index (χ3n) is 5.03. The summed E-state index contributed by atoms with van der Waals surface area (Å²) >= 11 is 0. The summed E-state index contributed by atoms with van der Waals surface area (Å²) in [7, 11) is 0. The maximum atomic E-state index is 10.2. The highest BCUT2D eigenvalue weighted by Crippen LogP contribution is 2.30. The molecule has 8 N–H and O–H groups in total. The number of ether oxygens (including phenoxy) is 4. The van der Waals surface area contributed by atoms with Crippen LogP contribution < -0.4 is 4.74 Å². The van der Waals surface area contributed by atoms with Gasteiger partial charge in [-0.25, -0.2) is 0 Å². The zero-order chi connectivity index (χ0) is 22.0.